The number of hydrogen-bond acceptors (Lipinski definition) is 3. The molecule has 3 rings (SSSR count). The van der Waals surface area contributed by atoms with Crippen LogP contribution in [0.5, 0.6) is 0 Å². The van der Waals surface area contributed by atoms with E-state index >= 15 is 0 Å². The summed E-state index contributed by atoms with van der Waals surface area (Å²) >= 11 is 12.3. The molecule has 1 N–H and O–H groups in total. The normalized spacial score (nSPS) is 18.1. The van der Waals surface area contributed by atoms with Gasteiger partial charge in [-0.1, -0.05) is 47.5 Å². The van der Waals surface area contributed by atoms with Gasteiger partial charge in [0.25, 0.3) is 5.91 Å². The summed E-state index contributed by atoms with van der Waals surface area (Å²) in [6.45, 7) is 5.29. The van der Waals surface area contributed by atoms with Gasteiger partial charge in [0.05, 0.1) is 5.60 Å². The van der Waals surface area contributed by atoms with E-state index in [9.17, 15) is 9.90 Å². The van der Waals surface area contributed by atoms with Gasteiger partial charge >= 0.3 is 0 Å². The number of benzene rings is 2. The third-order valence-corrected chi connectivity index (χ3v) is 6.66. The molecule has 1 heterocycles. The van der Waals surface area contributed by atoms with Crippen molar-refractivity contribution in [2.75, 3.05) is 25.0 Å². The molecule has 0 spiro atoms. The van der Waals surface area contributed by atoms with E-state index in [-0.39, 0.29) is 11.9 Å². The lowest BCUT2D eigenvalue weighted by Crippen LogP contribution is -2.49. The SMILES string of the molecule is CC=C(C(=O)N(C)c1ccc(Cl)cc1)C1(O)CCN(C(C)c2ccccc2Cl)CC1. The molecule has 1 fully saturated rings. The van der Waals surface area contributed by atoms with Crippen LogP contribution in [0.2, 0.25) is 10.0 Å². The average molecular weight is 447 g/mol. The molecule has 2 aromatic carbocycles. The molecule has 1 atom stereocenters. The first-order chi connectivity index (χ1) is 14.3. The van der Waals surface area contributed by atoms with Gasteiger partial charge in [0.1, 0.15) is 0 Å². The van der Waals surface area contributed by atoms with Crippen molar-refractivity contribution in [2.45, 2.75) is 38.3 Å². The Labute approximate surface area is 188 Å². The van der Waals surface area contributed by atoms with Crippen molar-refractivity contribution in [2.24, 2.45) is 0 Å². The van der Waals surface area contributed by atoms with Crippen LogP contribution in [0.3, 0.4) is 0 Å². The monoisotopic (exact) mass is 446 g/mol. The number of amides is 1. The Morgan fingerprint density at radius 2 is 1.73 bits per heavy atom. The Morgan fingerprint density at radius 3 is 2.30 bits per heavy atom. The van der Waals surface area contributed by atoms with Crippen LogP contribution < -0.4 is 4.90 Å². The van der Waals surface area contributed by atoms with Crippen molar-refractivity contribution in [1.82, 2.24) is 4.90 Å². The summed E-state index contributed by atoms with van der Waals surface area (Å²) < 4.78 is 0. The fraction of sp³-hybridized carbons (Fsp3) is 0.375. The minimum absolute atomic E-state index is 0.143. The van der Waals surface area contributed by atoms with E-state index in [4.69, 9.17) is 23.2 Å². The number of rotatable bonds is 5. The molecule has 1 aliphatic rings. The van der Waals surface area contributed by atoms with Gasteiger partial charge in [0, 0.05) is 47.5 Å². The summed E-state index contributed by atoms with van der Waals surface area (Å²) in [6.07, 6.45) is 2.71. The molecule has 4 nitrogen and oxygen atoms in total. The van der Waals surface area contributed by atoms with Gasteiger partial charge in [0.15, 0.2) is 0 Å². The first kappa shape index (κ1) is 22.8. The number of likely N-dealkylation sites (N-methyl/N-ethyl adjacent to an activating group) is 1. The van der Waals surface area contributed by atoms with Crippen molar-refractivity contribution in [3.63, 3.8) is 0 Å². The first-order valence-corrected chi connectivity index (χ1v) is 10.9. The number of aliphatic hydroxyl groups is 1. The van der Waals surface area contributed by atoms with Crippen LogP contribution in [-0.2, 0) is 4.79 Å². The van der Waals surface area contributed by atoms with E-state index in [1.807, 2.05) is 24.3 Å². The molecule has 30 heavy (non-hydrogen) atoms. The molecule has 1 aliphatic heterocycles. The fourth-order valence-electron chi connectivity index (χ4n) is 4.11. The lowest BCUT2D eigenvalue weighted by Gasteiger charge is -2.42. The summed E-state index contributed by atoms with van der Waals surface area (Å²) in [6, 6.07) is 15.1. The van der Waals surface area contributed by atoms with Crippen LogP contribution in [0, 0.1) is 0 Å². The topological polar surface area (TPSA) is 43.8 Å². The highest BCUT2D eigenvalue weighted by Crippen LogP contribution is 2.36. The van der Waals surface area contributed by atoms with E-state index in [0.29, 0.717) is 36.5 Å². The number of likely N-dealkylation sites (tertiary alicyclic amines) is 1. The second-order valence-corrected chi connectivity index (χ2v) is 8.65. The predicted molar refractivity (Wildman–Crippen MR) is 124 cm³/mol. The second kappa shape index (κ2) is 9.52. The highest BCUT2D eigenvalue weighted by atomic mass is 35.5. The van der Waals surface area contributed by atoms with Gasteiger partial charge in [-0.25, -0.2) is 0 Å². The maximum Gasteiger partial charge on any atom is 0.256 e. The van der Waals surface area contributed by atoms with Crippen LogP contribution >= 0.6 is 23.2 Å². The quantitative estimate of drug-likeness (QED) is 0.617. The molecule has 0 saturated carbocycles. The molecule has 0 aromatic heterocycles. The number of halogens is 2. The van der Waals surface area contributed by atoms with Crippen molar-refractivity contribution in [3.05, 3.63) is 75.8 Å². The van der Waals surface area contributed by atoms with Crippen molar-refractivity contribution in [1.29, 1.82) is 0 Å². The van der Waals surface area contributed by atoms with Gasteiger partial charge in [-0.15, -0.1) is 0 Å². The van der Waals surface area contributed by atoms with Crippen LogP contribution in [0.1, 0.15) is 38.3 Å². The summed E-state index contributed by atoms with van der Waals surface area (Å²) in [5.74, 6) is -0.199. The molecule has 1 unspecified atom stereocenters. The van der Waals surface area contributed by atoms with E-state index in [1.54, 1.807) is 49.2 Å². The van der Waals surface area contributed by atoms with Gasteiger partial charge < -0.3 is 10.0 Å². The number of carbonyl (C=O) groups excluding carboxylic acids is 1. The fourth-order valence-corrected chi connectivity index (χ4v) is 4.53. The van der Waals surface area contributed by atoms with Crippen molar-refractivity contribution >= 4 is 34.8 Å². The number of hydrogen-bond donors (Lipinski definition) is 1. The lowest BCUT2D eigenvalue weighted by molar-refractivity contribution is -0.118. The highest BCUT2D eigenvalue weighted by Gasteiger charge is 2.40. The number of carbonyl (C=O) groups is 1. The maximum absolute atomic E-state index is 13.2. The molecule has 0 aliphatic carbocycles. The zero-order valence-electron chi connectivity index (χ0n) is 17.6. The van der Waals surface area contributed by atoms with Crippen molar-refractivity contribution < 1.29 is 9.90 Å². The molecule has 1 saturated heterocycles. The van der Waals surface area contributed by atoms with Gasteiger partial charge in [-0.2, -0.15) is 0 Å². The molecule has 1 amide bonds. The number of nitrogens with zero attached hydrogens (tertiary/aromatic N) is 2. The first-order valence-electron chi connectivity index (χ1n) is 10.2. The molecular formula is C24H28Cl2N2O2. The van der Waals surface area contributed by atoms with E-state index in [0.717, 1.165) is 16.3 Å². The minimum atomic E-state index is -1.15. The third-order valence-electron chi connectivity index (χ3n) is 6.07. The Balaban J connectivity index is 1.71. The minimum Gasteiger partial charge on any atom is -0.385 e. The summed E-state index contributed by atoms with van der Waals surface area (Å²) in [7, 11) is 1.72. The standard InChI is InChI=1S/C24H28Cl2N2O2/c1-4-21(23(29)27(3)19-11-9-18(25)10-12-19)24(30)13-15-28(16-14-24)17(2)20-7-5-6-8-22(20)26/h4-12,17,30H,13-16H2,1-3H3. The van der Waals surface area contributed by atoms with Crippen LogP contribution in [0.4, 0.5) is 5.69 Å². The number of allylic oxidation sites excluding steroid dienone is 1. The number of anilines is 1. The molecule has 0 radical (unpaired) electrons. The molecule has 0 bridgehead atoms. The second-order valence-electron chi connectivity index (χ2n) is 7.81. The Kier molecular flexibility index (Phi) is 7.25. The molecular weight excluding hydrogens is 419 g/mol. The van der Waals surface area contributed by atoms with Gasteiger partial charge in [0.2, 0.25) is 0 Å². The highest BCUT2D eigenvalue weighted by molar-refractivity contribution is 6.31. The Bertz CT molecular complexity index is 919. The molecule has 6 heteroatoms. The third kappa shape index (κ3) is 4.73. The van der Waals surface area contributed by atoms with E-state index in [2.05, 4.69) is 11.8 Å². The summed E-state index contributed by atoms with van der Waals surface area (Å²) in [4.78, 5) is 17.0. The summed E-state index contributed by atoms with van der Waals surface area (Å²) in [5.41, 5.74) is 1.10. The van der Waals surface area contributed by atoms with E-state index in [1.165, 1.54) is 0 Å². The maximum atomic E-state index is 13.2. The average Bonchev–Trinajstić information content (AvgIpc) is 2.74. The predicted octanol–water partition coefficient (Wildman–Crippen LogP) is 5.49. The smallest absolute Gasteiger partial charge is 0.256 e. The summed E-state index contributed by atoms with van der Waals surface area (Å²) in [5, 5.41) is 12.7. The zero-order chi connectivity index (χ0) is 21.9. The van der Waals surface area contributed by atoms with Crippen LogP contribution in [0.25, 0.3) is 0 Å². The van der Waals surface area contributed by atoms with Crippen molar-refractivity contribution in [3.8, 4) is 0 Å². The largest absolute Gasteiger partial charge is 0.385 e. The van der Waals surface area contributed by atoms with E-state index < -0.39 is 5.60 Å². The lowest BCUT2D eigenvalue weighted by atomic mass is 9.82. The Morgan fingerprint density at radius 1 is 1.13 bits per heavy atom. The molecule has 2 aromatic rings. The van der Waals surface area contributed by atoms with Gasteiger partial charge in [-0.3, -0.25) is 9.69 Å². The van der Waals surface area contributed by atoms with Crippen LogP contribution in [-0.4, -0.2) is 41.7 Å². The Hall–Kier alpha value is -1.85. The zero-order valence-corrected chi connectivity index (χ0v) is 19.1. The van der Waals surface area contributed by atoms with Gasteiger partial charge in [-0.05, 0) is 62.6 Å². The molecule has 160 valence electrons. The van der Waals surface area contributed by atoms with Crippen LogP contribution in [0.15, 0.2) is 60.2 Å². The number of piperidine rings is 1.